The standard InChI is InChI=1S/C25H23FN2O5S/c1-16(2)28-15-22(24(30)25(28)31)23(29)21-14-27(34(32,33)20-6-4-3-5-7-20)13-18(21)12-17-8-10-19(26)11-9-17/h3-11,13-14,16,29H,12,15H2,1-2H3/b23-22-. The van der Waals surface area contributed by atoms with Crippen LogP contribution in [0.1, 0.15) is 30.5 Å². The molecule has 2 heterocycles. The van der Waals surface area contributed by atoms with Crippen LogP contribution in [0.5, 0.6) is 0 Å². The highest BCUT2D eigenvalue weighted by atomic mass is 32.2. The molecule has 34 heavy (non-hydrogen) atoms. The Bertz CT molecular complexity index is 1390. The second-order valence-electron chi connectivity index (χ2n) is 8.33. The summed E-state index contributed by atoms with van der Waals surface area (Å²) in [5.74, 6) is -2.40. The summed E-state index contributed by atoms with van der Waals surface area (Å²) in [4.78, 5) is 26.3. The minimum Gasteiger partial charge on any atom is -0.507 e. The number of benzene rings is 2. The Labute approximate surface area is 196 Å². The fourth-order valence-corrected chi connectivity index (χ4v) is 5.09. The van der Waals surface area contributed by atoms with Gasteiger partial charge < -0.3 is 10.0 Å². The first kappa shape index (κ1) is 23.4. The van der Waals surface area contributed by atoms with E-state index in [1.807, 2.05) is 0 Å². The number of carbonyl (C=O) groups is 2. The van der Waals surface area contributed by atoms with E-state index in [4.69, 9.17) is 0 Å². The third kappa shape index (κ3) is 4.26. The lowest BCUT2D eigenvalue weighted by atomic mass is 10.0. The Balaban J connectivity index is 1.84. The highest BCUT2D eigenvalue weighted by Crippen LogP contribution is 2.30. The molecule has 1 saturated heterocycles. The summed E-state index contributed by atoms with van der Waals surface area (Å²) in [5, 5.41) is 11.1. The molecule has 1 aromatic heterocycles. The van der Waals surface area contributed by atoms with Gasteiger partial charge in [0.2, 0.25) is 0 Å². The van der Waals surface area contributed by atoms with E-state index >= 15 is 0 Å². The first-order chi connectivity index (χ1) is 16.1. The number of aliphatic hydroxyl groups is 1. The van der Waals surface area contributed by atoms with Gasteiger partial charge in [0.05, 0.1) is 17.0 Å². The second-order valence-corrected chi connectivity index (χ2v) is 10.2. The normalized spacial score (nSPS) is 15.9. The number of hydrogen-bond acceptors (Lipinski definition) is 5. The SMILES string of the molecule is CC(C)N1C/C(=C(/O)c2cn(S(=O)(=O)c3ccccc3)cc2Cc2ccc(F)cc2)C(=O)C1=O. The number of hydrogen-bond donors (Lipinski definition) is 1. The molecule has 1 N–H and O–H groups in total. The molecule has 0 spiro atoms. The number of rotatable bonds is 6. The molecule has 176 valence electrons. The van der Waals surface area contributed by atoms with Crippen molar-refractivity contribution in [1.29, 1.82) is 0 Å². The van der Waals surface area contributed by atoms with E-state index in [0.717, 1.165) is 3.97 Å². The van der Waals surface area contributed by atoms with E-state index in [0.29, 0.717) is 11.1 Å². The Morgan fingerprint density at radius 1 is 1.03 bits per heavy atom. The van der Waals surface area contributed by atoms with Crippen LogP contribution in [0, 0.1) is 5.82 Å². The maximum Gasteiger partial charge on any atom is 0.295 e. The zero-order chi connectivity index (χ0) is 24.6. The first-order valence-electron chi connectivity index (χ1n) is 10.6. The van der Waals surface area contributed by atoms with Gasteiger partial charge in [0.25, 0.3) is 21.7 Å². The number of Topliss-reactive ketones (excluding diaryl/α,β-unsaturated/α-hetero) is 1. The van der Waals surface area contributed by atoms with Gasteiger partial charge in [0.15, 0.2) is 0 Å². The van der Waals surface area contributed by atoms with Crippen LogP contribution >= 0.6 is 0 Å². The van der Waals surface area contributed by atoms with Crippen LogP contribution in [0.4, 0.5) is 4.39 Å². The summed E-state index contributed by atoms with van der Waals surface area (Å²) >= 11 is 0. The van der Waals surface area contributed by atoms with Gasteiger partial charge in [-0.3, -0.25) is 9.59 Å². The van der Waals surface area contributed by atoms with Crippen LogP contribution in [0.3, 0.4) is 0 Å². The average Bonchev–Trinajstić information content (AvgIpc) is 3.37. The van der Waals surface area contributed by atoms with Gasteiger partial charge in [-0.1, -0.05) is 30.3 Å². The van der Waals surface area contributed by atoms with Gasteiger partial charge in [-0.15, -0.1) is 0 Å². The first-order valence-corrected chi connectivity index (χ1v) is 12.1. The van der Waals surface area contributed by atoms with Gasteiger partial charge in [-0.2, -0.15) is 0 Å². The van der Waals surface area contributed by atoms with Crippen LogP contribution in [0.15, 0.2) is 77.5 Å². The zero-order valence-electron chi connectivity index (χ0n) is 18.6. The van der Waals surface area contributed by atoms with E-state index in [1.54, 1.807) is 44.2 Å². The molecule has 1 aliphatic heterocycles. The molecule has 1 amide bonds. The monoisotopic (exact) mass is 482 g/mol. The summed E-state index contributed by atoms with van der Waals surface area (Å²) in [6.45, 7) is 3.44. The number of halogens is 1. The van der Waals surface area contributed by atoms with E-state index < -0.39 is 33.3 Å². The van der Waals surface area contributed by atoms with Crippen LogP contribution in [-0.2, 0) is 26.0 Å². The van der Waals surface area contributed by atoms with Crippen molar-refractivity contribution >= 4 is 27.5 Å². The molecule has 0 saturated carbocycles. The third-order valence-electron chi connectivity index (χ3n) is 5.73. The van der Waals surface area contributed by atoms with Gasteiger partial charge >= 0.3 is 0 Å². The highest BCUT2D eigenvalue weighted by molar-refractivity contribution is 7.90. The third-order valence-corrected chi connectivity index (χ3v) is 7.37. The van der Waals surface area contributed by atoms with Gasteiger partial charge in [0.1, 0.15) is 11.6 Å². The summed E-state index contributed by atoms with van der Waals surface area (Å²) in [7, 11) is -3.98. The molecule has 0 unspecified atom stereocenters. The highest BCUT2D eigenvalue weighted by Gasteiger charge is 2.38. The summed E-state index contributed by atoms with van der Waals surface area (Å²) in [5.41, 5.74) is 1.10. The average molecular weight is 483 g/mol. The largest absolute Gasteiger partial charge is 0.507 e. The minimum absolute atomic E-state index is 0.0510. The van der Waals surface area contributed by atoms with E-state index in [2.05, 4.69) is 0 Å². The lowest BCUT2D eigenvalue weighted by molar-refractivity contribution is -0.140. The maximum absolute atomic E-state index is 13.4. The van der Waals surface area contributed by atoms with Crippen molar-refractivity contribution in [3.63, 3.8) is 0 Å². The smallest absolute Gasteiger partial charge is 0.295 e. The molecule has 3 aromatic rings. The van der Waals surface area contributed by atoms with Gasteiger partial charge in [0, 0.05) is 24.0 Å². The lowest BCUT2D eigenvalue weighted by Gasteiger charge is -2.18. The van der Waals surface area contributed by atoms with Crippen LogP contribution < -0.4 is 0 Å². The number of aromatic nitrogens is 1. The number of carbonyl (C=O) groups excluding carboxylic acids is 2. The number of aliphatic hydroxyl groups excluding tert-OH is 1. The molecule has 1 fully saturated rings. The predicted octanol–water partition coefficient (Wildman–Crippen LogP) is 3.54. The summed E-state index contributed by atoms with van der Waals surface area (Å²) < 4.78 is 40.7. The number of likely N-dealkylation sites (tertiary alicyclic amines) is 1. The van der Waals surface area contributed by atoms with Crippen molar-refractivity contribution < 1.29 is 27.5 Å². The summed E-state index contributed by atoms with van der Waals surface area (Å²) in [6, 6.07) is 13.2. The van der Waals surface area contributed by atoms with Crippen molar-refractivity contribution in [2.75, 3.05) is 6.54 Å². The van der Waals surface area contributed by atoms with E-state index in [-0.39, 0.29) is 35.0 Å². The second kappa shape index (κ2) is 8.90. The molecule has 7 nitrogen and oxygen atoms in total. The molecule has 2 aromatic carbocycles. The molecule has 1 aliphatic rings. The Morgan fingerprint density at radius 2 is 1.68 bits per heavy atom. The zero-order valence-corrected chi connectivity index (χ0v) is 19.4. The summed E-state index contributed by atoms with van der Waals surface area (Å²) in [6.07, 6.45) is 2.76. The van der Waals surface area contributed by atoms with Crippen LogP contribution in [0.2, 0.25) is 0 Å². The molecular formula is C25H23FN2O5S. The van der Waals surface area contributed by atoms with Gasteiger partial charge in [-0.05, 0) is 55.7 Å². The van der Waals surface area contributed by atoms with Gasteiger partial charge in [-0.25, -0.2) is 16.8 Å². The Hall–Kier alpha value is -3.72. The van der Waals surface area contributed by atoms with E-state index in [9.17, 15) is 27.5 Å². The fraction of sp³-hybridized carbons (Fsp3) is 0.200. The predicted molar refractivity (Wildman–Crippen MR) is 124 cm³/mol. The maximum atomic E-state index is 13.4. The Kier molecular flexibility index (Phi) is 6.14. The van der Waals surface area contributed by atoms with Crippen LogP contribution in [-0.4, -0.2) is 46.7 Å². The molecule has 0 radical (unpaired) electrons. The number of amides is 1. The molecular weight excluding hydrogens is 459 g/mol. The number of ketones is 1. The lowest BCUT2D eigenvalue weighted by Crippen LogP contribution is -2.33. The van der Waals surface area contributed by atoms with Crippen LogP contribution in [0.25, 0.3) is 5.76 Å². The fourth-order valence-electron chi connectivity index (χ4n) is 3.84. The van der Waals surface area contributed by atoms with Crippen molar-refractivity contribution in [3.05, 3.63) is 95.1 Å². The topological polar surface area (TPSA) is 96.7 Å². The molecule has 0 atom stereocenters. The van der Waals surface area contributed by atoms with Crippen molar-refractivity contribution in [3.8, 4) is 0 Å². The molecule has 9 heteroatoms. The minimum atomic E-state index is -3.98. The molecule has 0 bridgehead atoms. The molecule has 0 aliphatic carbocycles. The van der Waals surface area contributed by atoms with Crippen molar-refractivity contribution in [2.45, 2.75) is 31.2 Å². The van der Waals surface area contributed by atoms with E-state index in [1.165, 1.54) is 41.6 Å². The number of nitrogens with zero attached hydrogens (tertiary/aromatic N) is 2. The molecule has 4 rings (SSSR count). The van der Waals surface area contributed by atoms with Crippen molar-refractivity contribution in [1.82, 2.24) is 8.87 Å². The van der Waals surface area contributed by atoms with Crippen molar-refractivity contribution in [2.24, 2.45) is 0 Å². The quantitative estimate of drug-likeness (QED) is 0.329. The Morgan fingerprint density at radius 3 is 2.26 bits per heavy atom.